The Hall–Kier alpha value is -1.23. The molecule has 0 amide bonds. The first-order valence-corrected chi connectivity index (χ1v) is 5.60. The number of phenolic OH excluding ortho intramolecular Hbond substituents is 1. The highest BCUT2D eigenvalue weighted by molar-refractivity contribution is 9.10. The van der Waals surface area contributed by atoms with Crippen molar-refractivity contribution < 1.29 is 19.7 Å². The van der Waals surface area contributed by atoms with Crippen molar-refractivity contribution in [1.29, 1.82) is 0 Å². The fourth-order valence-corrected chi connectivity index (χ4v) is 2.09. The molecule has 1 atom stereocenters. The number of carboxylic acids is 1. The summed E-state index contributed by atoms with van der Waals surface area (Å²) >= 11 is 3.17. The van der Waals surface area contributed by atoms with Crippen molar-refractivity contribution in [2.45, 2.75) is 19.3 Å². The number of methoxy groups -OCH3 is 1. The molecule has 0 saturated heterocycles. The highest BCUT2D eigenvalue weighted by Gasteiger charge is 2.23. The minimum Gasteiger partial charge on any atom is -0.507 e. The SMILES string of the molecule is CCC(C(=O)O)c1ccc(O)c(Br)c1OC. The molecule has 1 unspecified atom stereocenters. The van der Waals surface area contributed by atoms with E-state index in [1.54, 1.807) is 13.0 Å². The number of halogens is 1. The smallest absolute Gasteiger partial charge is 0.311 e. The molecule has 88 valence electrons. The number of hydrogen-bond donors (Lipinski definition) is 2. The van der Waals surface area contributed by atoms with Gasteiger partial charge in [0.2, 0.25) is 0 Å². The Morgan fingerprint density at radius 1 is 1.56 bits per heavy atom. The van der Waals surface area contributed by atoms with E-state index >= 15 is 0 Å². The zero-order valence-electron chi connectivity index (χ0n) is 9.03. The van der Waals surface area contributed by atoms with Crippen LogP contribution in [-0.2, 0) is 4.79 Å². The van der Waals surface area contributed by atoms with Crippen molar-refractivity contribution in [3.8, 4) is 11.5 Å². The van der Waals surface area contributed by atoms with E-state index in [1.807, 2.05) is 0 Å². The Balaban J connectivity index is 3.32. The first-order chi connectivity index (χ1) is 7.52. The van der Waals surface area contributed by atoms with E-state index in [4.69, 9.17) is 9.84 Å². The summed E-state index contributed by atoms with van der Waals surface area (Å²) in [5, 5.41) is 18.5. The molecule has 0 aliphatic heterocycles. The third-order valence-corrected chi connectivity index (χ3v) is 3.16. The van der Waals surface area contributed by atoms with Gasteiger partial charge < -0.3 is 14.9 Å². The van der Waals surface area contributed by atoms with Gasteiger partial charge in [0, 0.05) is 5.56 Å². The lowest BCUT2D eigenvalue weighted by atomic mass is 9.95. The van der Waals surface area contributed by atoms with E-state index in [9.17, 15) is 9.90 Å². The van der Waals surface area contributed by atoms with Gasteiger partial charge in [0.05, 0.1) is 13.0 Å². The van der Waals surface area contributed by atoms with Crippen LogP contribution in [0.4, 0.5) is 0 Å². The lowest BCUT2D eigenvalue weighted by Crippen LogP contribution is -2.11. The highest BCUT2D eigenvalue weighted by Crippen LogP contribution is 2.40. The Morgan fingerprint density at radius 3 is 2.62 bits per heavy atom. The number of carboxylic acid groups (broad SMARTS) is 1. The topological polar surface area (TPSA) is 66.8 Å². The van der Waals surface area contributed by atoms with Gasteiger partial charge in [-0.15, -0.1) is 0 Å². The van der Waals surface area contributed by atoms with Crippen molar-refractivity contribution in [1.82, 2.24) is 0 Å². The molecule has 0 saturated carbocycles. The molecule has 16 heavy (non-hydrogen) atoms. The maximum Gasteiger partial charge on any atom is 0.311 e. The zero-order valence-corrected chi connectivity index (χ0v) is 10.6. The van der Waals surface area contributed by atoms with Crippen LogP contribution in [0.5, 0.6) is 11.5 Å². The van der Waals surface area contributed by atoms with Crippen LogP contribution >= 0.6 is 15.9 Å². The van der Waals surface area contributed by atoms with E-state index < -0.39 is 11.9 Å². The maximum atomic E-state index is 11.1. The minimum atomic E-state index is -0.904. The third kappa shape index (κ3) is 2.29. The van der Waals surface area contributed by atoms with Gasteiger partial charge in [0.25, 0.3) is 0 Å². The van der Waals surface area contributed by atoms with E-state index in [1.165, 1.54) is 13.2 Å². The standard InChI is InChI=1S/C11H13BrO4/c1-3-6(11(14)15)7-4-5-8(13)9(12)10(7)16-2/h4-6,13H,3H2,1-2H3,(H,14,15). The first kappa shape index (κ1) is 12.8. The second kappa shape index (κ2) is 5.21. The van der Waals surface area contributed by atoms with Crippen LogP contribution in [0.3, 0.4) is 0 Å². The van der Waals surface area contributed by atoms with Crippen LogP contribution in [0, 0.1) is 0 Å². The molecule has 0 aliphatic carbocycles. The molecule has 5 heteroatoms. The Kier molecular flexibility index (Phi) is 4.18. The van der Waals surface area contributed by atoms with Crippen LogP contribution in [0.1, 0.15) is 24.8 Å². The van der Waals surface area contributed by atoms with Crippen molar-refractivity contribution in [2.75, 3.05) is 7.11 Å². The molecule has 0 aromatic heterocycles. The summed E-state index contributed by atoms with van der Waals surface area (Å²) in [7, 11) is 1.44. The Bertz CT molecular complexity index is 403. The highest BCUT2D eigenvalue weighted by atomic mass is 79.9. The predicted octanol–water partition coefficient (Wildman–Crippen LogP) is 2.74. The van der Waals surface area contributed by atoms with Crippen LogP contribution in [0.15, 0.2) is 16.6 Å². The predicted molar refractivity (Wildman–Crippen MR) is 63.0 cm³/mol. The number of benzene rings is 1. The van der Waals surface area contributed by atoms with Crippen LogP contribution in [0.2, 0.25) is 0 Å². The third-order valence-electron chi connectivity index (χ3n) is 2.39. The monoisotopic (exact) mass is 288 g/mol. The molecule has 0 heterocycles. The van der Waals surface area contributed by atoms with Gasteiger partial charge in [-0.3, -0.25) is 4.79 Å². The lowest BCUT2D eigenvalue weighted by molar-refractivity contribution is -0.138. The van der Waals surface area contributed by atoms with E-state index in [0.29, 0.717) is 22.2 Å². The number of carbonyl (C=O) groups is 1. The molecular formula is C11H13BrO4. The largest absolute Gasteiger partial charge is 0.507 e. The van der Waals surface area contributed by atoms with Gasteiger partial charge in [0.1, 0.15) is 16.0 Å². The first-order valence-electron chi connectivity index (χ1n) is 4.81. The number of aromatic hydroxyl groups is 1. The summed E-state index contributed by atoms with van der Waals surface area (Å²) in [5.74, 6) is -1.14. The molecule has 0 bridgehead atoms. The van der Waals surface area contributed by atoms with Crippen LogP contribution in [0.25, 0.3) is 0 Å². The average Bonchev–Trinajstić information content (AvgIpc) is 2.24. The molecule has 1 aromatic carbocycles. The van der Waals surface area contributed by atoms with Gasteiger partial charge in [-0.2, -0.15) is 0 Å². The van der Waals surface area contributed by atoms with Gasteiger partial charge in [-0.05, 0) is 28.4 Å². The van der Waals surface area contributed by atoms with Gasteiger partial charge in [0.15, 0.2) is 0 Å². The number of aliphatic carboxylic acids is 1. The van der Waals surface area contributed by atoms with Crippen LogP contribution in [-0.4, -0.2) is 23.3 Å². The minimum absolute atomic E-state index is 0.0286. The Morgan fingerprint density at radius 2 is 2.19 bits per heavy atom. The summed E-state index contributed by atoms with van der Waals surface area (Å²) in [6, 6.07) is 3.02. The summed E-state index contributed by atoms with van der Waals surface area (Å²) in [6.45, 7) is 1.79. The molecule has 4 nitrogen and oxygen atoms in total. The van der Waals surface area contributed by atoms with Gasteiger partial charge in [-0.25, -0.2) is 0 Å². The summed E-state index contributed by atoms with van der Waals surface area (Å²) in [5.41, 5.74) is 0.558. The van der Waals surface area contributed by atoms with Crippen molar-refractivity contribution in [3.05, 3.63) is 22.2 Å². The number of hydrogen-bond acceptors (Lipinski definition) is 3. The fourth-order valence-electron chi connectivity index (χ4n) is 1.57. The molecule has 1 rings (SSSR count). The molecule has 1 aromatic rings. The van der Waals surface area contributed by atoms with Crippen molar-refractivity contribution >= 4 is 21.9 Å². The summed E-state index contributed by atoms with van der Waals surface area (Å²) in [6.07, 6.45) is 0.461. The van der Waals surface area contributed by atoms with Gasteiger partial charge in [-0.1, -0.05) is 13.0 Å². The summed E-state index contributed by atoms with van der Waals surface area (Å²) in [4.78, 5) is 11.1. The molecule has 0 spiro atoms. The average molecular weight is 289 g/mol. The maximum absolute atomic E-state index is 11.1. The Labute approximate surface area is 102 Å². The van der Waals surface area contributed by atoms with Gasteiger partial charge >= 0.3 is 5.97 Å². The van der Waals surface area contributed by atoms with E-state index in [-0.39, 0.29) is 5.75 Å². The zero-order chi connectivity index (χ0) is 12.3. The van der Waals surface area contributed by atoms with Crippen molar-refractivity contribution in [2.24, 2.45) is 0 Å². The molecule has 0 aliphatic rings. The molecule has 2 N–H and O–H groups in total. The second-order valence-corrected chi connectivity index (χ2v) is 4.11. The molecule has 0 fully saturated rings. The number of ether oxygens (including phenoxy) is 1. The fraction of sp³-hybridized carbons (Fsp3) is 0.364. The van der Waals surface area contributed by atoms with E-state index in [2.05, 4.69) is 15.9 Å². The lowest BCUT2D eigenvalue weighted by Gasteiger charge is -2.16. The van der Waals surface area contributed by atoms with E-state index in [0.717, 1.165) is 0 Å². The summed E-state index contributed by atoms with van der Waals surface area (Å²) < 4.78 is 5.50. The molecular weight excluding hydrogens is 276 g/mol. The van der Waals surface area contributed by atoms with Crippen molar-refractivity contribution in [3.63, 3.8) is 0 Å². The number of rotatable bonds is 4. The number of phenols is 1. The quantitative estimate of drug-likeness (QED) is 0.894. The van der Waals surface area contributed by atoms with Crippen LogP contribution < -0.4 is 4.74 Å². The normalized spacial score (nSPS) is 12.2. The second-order valence-electron chi connectivity index (χ2n) is 3.32. The molecule has 0 radical (unpaired) electrons.